The Morgan fingerprint density at radius 2 is 1.24 bits per heavy atom. The molecule has 182 valence electrons. The molecule has 0 heterocycles. The summed E-state index contributed by atoms with van der Waals surface area (Å²) in [6.07, 6.45) is 9.71. The van der Waals surface area contributed by atoms with Gasteiger partial charge in [-0.15, -0.1) is 24.8 Å². The Kier molecular flexibility index (Phi) is 6.85. The van der Waals surface area contributed by atoms with Gasteiger partial charge in [-0.25, -0.2) is 0 Å². The van der Waals surface area contributed by atoms with Crippen molar-refractivity contribution in [2.45, 2.75) is 55.7 Å². The van der Waals surface area contributed by atoms with E-state index in [2.05, 4.69) is 117 Å². The van der Waals surface area contributed by atoms with Gasteiger partial charge >= 0.3 is 187 Å². The van der Waals surface area contributed by atoms with E-state index in [1.54, 1.807) is 0 Å². The Morgan fingerprint density at radius 1 is 0.848 bits per heavy atom. The van der Waals surface area contributed by atoms with E-state index in [0.717, 1.165) is 4.13 Å². The summed E-state index contributed by atoms with van der Waals surface area (Å²) in [6, 6.07) is 18.0. The van der Waals surface area contributed by atoms with E-state index >= 15 is 0 Å². The fourth-order valence-corrected chi connectivity index (χ4v) is 81.9. The second-order valence-electron chi connectivity index (χ2n) is 13.0. The van der Waals surface area contributed by atoms with Crippen LogP contribution in [0.2, 0.25) is 41.5 Å². The molecular weight excluding hydrogens is 559 g/mol. The third kappa shape index (κ3) is 3.39. The number of halogens is 2. The van der Waals surface area contributed by atoms with Crippen LogP contribution in [0.1, 0.15) is 36.4 Å². The van der Waals surface area contributed by atoms with Crippen molar-refractivity contribution < 1.29 is 17.4 Å². The fourth-order valence-electron chi connectivity index (χ4n) is 7.85. The molecule has 2 unspecified atom stereocenters. The average molecular weight is 601 g/mol. The Bertz CT molecular complexity index is 1200. The molecule has 0 saturated heterocycles. The second kappa shape index (κ2) is 7.82. The van der Waals surface area contributed by atoms with Crippen molar-refractivity contribution in [1.82, 2.24) is 0 Å². The molecule has 2 aromatic carbocycles. The van der Waals surface area contributed by atoms with Gasteiger partial charge in [-0.2, -0.15) is 0 Å². The quantitative estimate of drug-likeness (QED) is 0.301. The standard InChI is InChI=1S/2C9H7.C3H9OSi.C2H7Si.C2H5.CH3.CH2.2ClH.Zr/c2*1-2-5-9-7-3-6-8(9)4-1;1-5(2,3)4;1-3-2;1-2;;;;;/h2*1-7H;1-3H3;3H,1-2H3;1H2,2H3;1H3;1H2;2*1H;/q;;-1;;;;;;;+1. The first kappa shape index (κ1) is 28.9. The normalized spacial score (nSPS) is 22.2. The molecule has 2 aliphatic rings. The molecule has 33 heavy (non-hydrogen) atoms. The van der Waals surface area contributed by atoms with Crippen LogP contribution in [0.3, 0.4) is 0 Å². The molecule has 0 bridgehead atoms. The van der Waals surface area contributed by atoms with Crippen LogP contribution < -0.4 is 0 Å². The number of rotatable bonds is 6. The Balaban J connectivity index is 0.00000193. The molecule has 2 aromatic rings. The zero-order valence-corrected chi connectivity index (χ0v) is 27.5. The minimum atomic E-state index is -5.40. The number of hydrogen-bond donors (Lipinski definition) is 0. The molecule has 0 fully saturated rings. The molecule has 2 atom stereocenters. The summed E-state index contributed by atoms with van der Waals surface area (Å²) in [4.78, 5) is 0. The van der Waals surface area contributed by atoms with Crippen molar-refractivity contribution in [1.29, 1.82) is 0 Å². The maximum atomic E-state index is 8.06. The Hall–Kier alpha value is -0.353. The number of hydrogen-bond acceptors (Lipinski definition) is 1. The minimum absolute atomic E-state index is 0. The van der Waals surface area contributed by atoms with Gasteiger partial charge in [-0.1, -0.05) is 0 Å². The molecule has 2 aliphatic carbocycles. The second-order valence-corrected chi connectivity index (χ2v) is 69.8. The van der Waals surface area contributed by atoms with Crippen LogP contribution in [-0.2, 0) is 17.4 Å². The first-order valence-corrected chi connectivity index (χ1v) is 32.3. The van der Waals surface area contributed by atoms with Crippen LogP contribution in [0.15, 0.2) is 60.7 Å². The monoisotopic (exact) mass is 598 g/mol. The van der Waals surface area contributed by atoms with E-state index < -0.39 is 29.2 Å². The van der Waals surface area contributed by atoms with Gasteiger partial charge in [0, 0.05) is 0 Å². The summed E-state index contributed by atoms with van der Waals surface area (Å²) in [5.41, 5.74) is 5.59. The summed E-state index contributed by atoms with van der Waals surface area (Å²) in [5.74, 6) is -1.52. The van der Waals surface area contributed by atoms with E-state index in [1.165, 1.54) is 22.3 Å². The number of fused-ring (bicyclic) bond motifs is 2. The molecule has 6 heteroatoms. The van der Waals surface area contributed by atoms with Gasteiger partial charge in [0.2, 0.25) is 0 Å². The third-order valence-corrected chi connectivity index (χ3v) is 91.2. The van der Waals surface area contributed by atoms with Crippen molar-refractivity contribution >= 4 is 55.4 Å². The Morgan fingerprint density at radius 3 is 1.58 bits per heavy atom. The summed E-state index contributed by atoms with van der Waals surface area (Å²) < 4.78 is 18.0. The first-order chi connectivity index (χ1) is 14.3. The third-order valence-electron chi connectivity index (χ3n) is 10.5. The van der Waals surface area contributed by atoms with Crippen molar-refractivity contribution in [2.24, 2.45) is 0 Å². The molecule has 0 spiro atoms. The van der Waals surface area contributed by atoms with Gasteiger partial charge in [0.05, 0.1) is 0 Å². The van der Waals surface area contributed by atoms with Crippen LogP contribution in [0.25, 0.3) is 12.2 Å². The zero-order valence-electron chi connectivity index (χ0n) is 21.3. The molecule has 4 rings (SSSR count). The molecule has 0 radical (unpaired) electrons. The predicted octanol–water partition coefficient (Wildman–Crippen LogP) is 8.80. The predicted molar refractivity (Wildman–Crippen MR) is 158 cm³/mol. The maximum absolute atomic E-state index is 8.06. The van der Waals surface area contributed by atoms with Gasteiger partial charge in [0.25, 0.3) is 0 Å². The van der Waals surface area contributed by atoms with Gasteiger partial charge in [0.1, 0.15) is 0 Å². The summed E-state index contributed by atoms with van der Waals surface area (Å²) >= 11 is -5.40. The van der Waals surface area contributed by atoms with Crippen molar-refractivity contribution in [3.8, 4) is 0 Å². The van der Waals surface area contributed by atoms with E-state index in [1.807, 2.05) is 0 Å². The van der Waals surface area contributed by atoms with Crippen LogP contribution in [-0.4, -0.2) is 18.5 Å². The van der Waals surface area contributed by atoms with E-state index in [4.69, 9.17) is 6.71 Å². The molecule has 0 aromatic heterocycles. The van der Waals surface area contributed by atoms with Crippen LogP contribution in [0, 0.1) is 0 Å². The molecule has 0 saturated carbocycles. The van der Waals surface area contributed by atoms with E-state index in [0.29, 0.717) is 0 Å². The molecule has 0 amide bonds. The Labute approximate surface area is 209 Å². The SMILES string of the molecule is Cl.Cl.[CH2]=[Zr]([CH3])([CH2]C)([O][Si](C)(C)C)([CH]1C=Cc2ccccc21)([CH]1C=Cc2ccccc21)[SiH](C)C. The zero-order chi connectivity index (χ0) is 22.8. The van der Waals surface area contributed by atoms with Crippen molar-refractivity contribution in [3.05, 3.63) is 82.9 Å². The van der Waals surface area contributed by atoms with E-state index in [-0.39, 0.29) is 32.1 Å². The van der Waals surface area contributed by atoms with Gasteiger partial charge in [-0.3, -0.25) is 0 Å². The van der Waals surface area contributed by atoms with Gasteiger partial charge in [-0.05, 0) is 0 Å². The van der Waals surface area contributed by atoms with Crippen molar-refractivity contribution in [3.63, 3.8) is 0 Å². The molecule has 0 N–H and O–H groups in total. The first-order valence-electron chi connectivity index (χ1n) is 12.0. The summed E-state index contributed by atoms with van der Waals surface area (Å²) in [7, 11) is -1.98. The summed E-state index contributed by atoms with van der Waals surface area (Å²) in [6.45, 7) is 14.7. The van der Waals surface area contributed by atoms with Gasteiger partial charge in [0.15, 0.2) is 0 Å². The molecule has 1 nitrogen and oxygen atoms in total. The summed E-state index contributed by atoms with van der Waals surface area (Å²) in [5, 5.41) is 0. The average Bonchev–Trinajstić information content (AvgIpc) is 3.33. The number of allylic oxidation sites excluding steroid dienone is 2. The van der Waals surface area contributed by atoms with Crippen molar-refractivity contribution in [2.75, 3.05) is 0 Å². The van der Waals surface area contributed by atoms with Crippen LogP contribution in [0.4, 0.5) is 0 Å². The topological polar surface area (TPSA) is 9.23 Å². The van der Waals surface area contributed by atoms with Crippen LogP contribution >= 0.6 is 24.8 Å². The molecular formula is C27H42Cl2OSi2Zr. The fraction of sp³-hybridized carbons (Fsp3) is 0.370. The number of benzene rings is 2. The van der Waals surface area contributed by atoms with Gasteiger partial charge < -0.3 is 0 Å². The molecule has 0 aliphatic heterocycles. The van der Waals surface area contributed by atoms with E-state index in [9.17, 15) is 0 Å². The van der Waals surface area contributed by atoms with Crippen LogP contribution in [0.5, 0.6) is 0 Å².